The fraction of sp³-hybridized carbons (Fsp3) is 0.333. The van der Waals surface area contributed by atoms with Crippen molar-refractivity contribution < 1.29 is 23.0 Å². The number of hydrogen-bond donors (Lipinski definition) is 1. The number of nitrogens with one attached hydrogen (secondary N) is 1. The van der Waals surface area contributed by atoms with Crippen molar-refractivity contribution in [1.29, 1.82) is 0 Å². The van der Waals surface area contributed by atoms with Crippen LogP contribution in [0.5, 0.6) is 11.5 Å². The SMILES string of the molecule is COc1ccc(C(Nc2nc(=O)n([C@H]3C=C[C@@H](CO[Si](C)(C)C(C)(C)C)O3)cc2F)(c2ccccc2)c2ccc(OC)cc2)cc1. The minimum Gasteiger partial charge on any atom is -0.497 e. The van der Waals surface area contributed by atoms with E-state index in [0.29, 0.717) is 18.1 Å². The summed E-state index contributed by atoms with van der Waals surface area (Å²) in [5.74, 6) is 0.436. The Morgan fingerprint density at radius 1 is 0.870 bits per heavy atom. The fourth-order valence-electron chi connectivity index (χ4n) is 5.23. The van der Waals surface area contributed by atoms with E-state index in [9.17, 15) is 4.79 Å². The van der Waals surface area contributed by atoms with Crippen LogP contribution in [0.1, 0.15) is 43.7 Å². The van der Waals surface area contributed by atoms with Crippen LogP contribution in [0.15, 0.2) is 102 Å². The molecule has 1 N–H and O–H groups in total. The maximum Gasteiger partial charge on any atom is 0.352 e. The van der Waals surface area contributed by atoms with Gasteiger partial charge in [0.05, 0.1) is 27.0 Å². The predicted molar refractivity (Wildman–Crippen MR) is 181 cm³/mol. The average molecular weight is 644 g/mol. The van der Waals surface area contributed by atoms with Gasteiger partial charge in [0.1, 0.15) is 23.1 Å². The monoisotopic (exact) mass is 643 g/mol. The first kappa shape index (κ1) is 33.1. The maximum atomic E-state index is 16.1. The van der Waals surface area contributed by atoms with Crippen LogP contribution in [0, 0.1) is 5.82 Å². The molecule has 3 aromatic carbocycles. The molecule has 2 heterocycles. The highest BCUT2D eigenvalue weighted by molar-refractivity contribution is 6.74. The molecule has 1 aromatic heterocycles. The van der Waals surface area contributed by atoms with E-state index >= 15 is 4.39 Å². The van der Waals surface area contributed by atoms with Gasteiger partial charge in [-0.25, -0.2) is 9.18 Å². The number of hydrogen-bond acceptors (Lipinski definition) is 7. The van der Waals surface area contributed by atoms with E-state index < -0.39 is 31.6 Å². The van der Waals surface area contributed by atoms with Crippen LogP contribution in [-0.4, -0.2) is 44.8 Å². The van der Waals surface area contributed by atoms with E-state index in [2.05, 4.69) is 44.2 Å². The lowest BCUT2D eigenvalue weighted by Gasteiger charge is -2.37. The van der Waals surface area contributed by atoms with E-state index in [1.165, 1.54) is 0 Å². The summed E-state index contributed by atoms with van der Waals surface area (Å²) < 4.78 is 40.5. The van der Waals surface area contributed by atoms with Gasteiger partial charge in [-0.15, -0.1) is 0 Å². The fourth-order valence-corrected chi connectivity index (χ4v) is 6.24. The Kier molecular flexibility index (Phi) is 9.53. The highest BCUT2D eigenvalue weighted by atomic mass is 28.4. The molecular formula is C36H42FN3O5Si. The van der Waals surface area contributed by atoms with E-state index in [0.717, 1.165) is 27.5 Å². The predicted octanol–water partition coefficient (Wildman–Crippen LogP) is 7.28. The molecule has 8 nitrogen and oxygen atoms in total. The molecule has 0 amide bonds. The van der Waals surface area contributed by atoms with Gasteiger partial charge in [-0.1, -0.05) is 81.4 Å². The lowest BCUT2D eigenvalue weighted by molar-refractivity contribution is -0.00813. The molecule has 1 aliphatic rings. The van der Waals surface area contributed by atoms with Gasteiger partial charge >= 0.3 is 5.69 Å². The maximum absolute atomic E-state index is 16.1. The largest absolute Gasteiger partial charge is 0.497 e. The number of benzene rings is 3. The molecule has 2 atom stereocenters. The second-order valence-corrected chi connectivity index (χ2v) is 17.7. The summed E-state index contributed by atoms with van der Waals surface area (Å²) in [4.78, 5) is 17.7. The number of ether oxygens (including phenoxy) is 3. The van der Waals surface area contributed by atoms with Crippen LogP contribution in [0.4, 0.5) is 10.2 Å². The number of halogens is 1. The molecular weight excluding hydrogens is 601 g/mol. The van der Waals surface area contributed by atoms with Crippen molar-refractivity contribution in [3.05, 3.63) is 130 Å². The molecule has 0 aliphatic carbocycles. The zero-order valence-electron chi connectivity index (χ0n) is 27.4. The highest BCUT2D eigenvalue weighted by Gasteiger charge is 2.39. The number of methoxy groups -OCH3 is 2. The Morgan fingerprint density at radius 2 is 1.41 bits per heavy atom. The van der Waals surface area contributed by atoms with Crippen LogP contribution in [0.25, 0.3) is 0 Å². The van der Waals surface area contributed by atoms with Crippen molar-refractivity contribution in [2.24, 2.45) is 0 Å². The van der Waals surface area contributed by atoms with Crippen molar-refractivity contribution in [2.75, 3.05) is 26.1 Å². The normalized spacial score (nSPS) is 16.8. The molecule has 0 saturated carbocycles. The summed E-state index contributed by atoms with van der Waals surface area (Å²) in [7, 11) is 1.20. The van der Waals surface area contributed by atoms with Crippen molar-refractivity contribution in [1.82, 2.24) is 9.55 Å². The standard InChI is InChI=1S/C36H42FN3O5Si/c1-35(2,3)46(6,7)44-24-30-21-22-32(45-30)40-23-31(37)33(38-34(40)41)39-36(25-11-9-8-10-12-25,26-13-17-28(42-4)18-14-26)27-15-19-29(43-5)20-16-27/h8-23,30,32H,24H2,1-7H3,(H,38,39,41)/t30-,32+/m0/s1. The number of nitrogens with zero attached hydrogens (tertiary/aromatic N) is 2. The molecule has 5 rings (SSSR count). The zero-order chi connectivity index (χ0) is 33.1. The third-order valence-corrected chi connectivity index (χ3v) is 13.5. The molecule has 46 heavy (non-hydrogen) atoms. The molecule has 1 aliphatic heterocycles. The Balaban J connectivity index is 1.52. The second-order valence-electron chi connectivity index (χ2n) is 12.8. The molecule has 0 radical (unpaired) electrons. The van der Waals surface area contributed by atoms with E-state index in [1.807, 2.05) is 84.9 Å². The van der Waals surface area contributed by atoms with Gasteiger partial charge in [0.2, 0.25) is 0 Å². The topological polar surface area (TPSA) is 83.8 Å². The number of aromatic nitrogens is 2. The first-order chi connectivity index (χ1) is 21.9. The van der Waals surface area contributed by atoms with Crippen LogP contribution in [0.2, 0.25) is 18.1 Å². The highest BCUT2D eigenvalue weighted by Crippen LogP contribution is 2.41. The van der Waals surface area contributed by atoms with E-state index in [4.69, 9.17) is 18.6 Å². The lowest BCUT2D eigenvalue weighted by Crippen LogP contribution is -2.42. The quantitative estimate of drug-likeness (QED) is 0.105. The van der Waals surface area contributed by atoms with Crippen LogP contribution in [-0.2, 0) is 14.7 Å². The first-order valence-corrected chi connectivity index (χ1v) is 18.2. The van der Waals surface area contributed by atoms with Crippen molar-refractivity contribution in [2.45, 2.75) is 56.8 Å². The molecule has 0 bridgehead atoms. The summed E-state index contributed by atoms with van der Waals surface area (Å²) in [6.45, 7) is 11.2. The molecule has 4 aromatic rings. The molecule has 0 unspecified atom stereocenters. The molecule has 10 heteroatoms. The van der Waals surface area contributed by atoms with E-state index in [-0.39, 0.29) is 17.0 Å². The van der Waals surface area contributed by atoms with Crippen LogP contribution >= 0.6 is 0 Å². The van der Waals surface area contributed by atoms with E-state index in [1.54, 1.807) is 20.3 Å². The lowest BCUT2D eigenvalue weighted by atomic mass is 9.77. The minimum absolute atomic E-state index is 0.0497. The summed E-state index contributed by atoms with van der Waals surface area (Å²) in [5, 5.41) is 3.40. The smallest absolute Gasteiger partial charge is 0.352 e. The average Bonchev–Trinajstić information content (AvgIpc) is 3.53. The van der Waals surface area contributed by atoms with Gasteiger partial charge in [-0.2, -0.15) is 4.98 Å². The van der Waals surface area contributed by atoms with Gasteiger partial charge in [0.15, 0.2) is 26.2 Å². The summed E-state index contributed by atoms with van der Waals surface area (Å²) >= 11 is 0. The Morgan fingerprint density at radius 3 is 1.93 bits per heavy atom. The summed E-state index contributed by atoms with van der Waals surface area (Å²) in [5.41, 5.74) is 0.559. The van der Waals surface area contributed by atoms with Crippen molar-refractivity contribution >= 4 is 14.1 Å². The minimum atomic E-state index is -2.00. The van der Waals surface area contributed by atoms with Crippen LogP contribution in [0.3, 0.4) is 0 Å². The first-order valence-electron chi connectivity index (χ1n) is 15.3. The molecule has 242 valence electrons. The third kappa shape index (κ3) is 6.65. The Labute approximate surface area is 271 Å². The molecule has 0 spiro atoms. The summed E-state index contributed by atoms with van der Waals surface area (Å²) in [6, 6.07) is 24.6. The Bertz CT molecular complexity index is 1670. The summed E-state index contributed by atoms with van der Waals surface area (Å²) in [6.07, 6.45) is 3.56. The van der Waals surface area contributed by atoms with Crippen LogP contribution < -0.4 is 20.5 Å². The Hall–Kier alpha value is -4.25. The number of rotatable bonds is 11. The molecule has 0 saturated heterocycles. The van der Waals surface area contributed by atoms with Gasteiger partial charge in [-0.05, 0) is 65.2 Å². The third-order valence-electron chi connectivity index (χ3n) is 8.96. The van der Waals surface area contributed by atoms with Crippen molar-refractivity contribution in [3.8, 4) is 11.5 Å². The van der Waals surface area contributed by atoms with Gasteiger partial charge in [-0.3, -0.25) is 4.57 Å². The number of anilines is 1. The van der Waals surface area contributed by atoms with Gasteiger partial charge in [0.25, 0.3) is 0 Å². The second kappa shape index (κ2) is 13.2. The zero-order valence-corrected chi connectivity index (χ0v) is 28.4. The van der Waals surface area contributed by atoms with Gasteiger partial charge < -0.3 is 24.0 Å². The molecule has 0 fully saturated rings. The van der Waals surface area contributed by atoms with Gasteiger partial charge in [0, 0.05) is 0 Å². The van der Waals surface area contributed by atoms with Crippen molar-refractivity contribution in [3.63, 3.8) is 0 Å².